The molecule has 2 heterocycles. The number of rotatable bonds is 10. The number of carboxylic acid groups (broad SMARTS) is 1. The minimum Gasteiger partial charge on any atom is -0.496 e. The molecule has 0 unspecified atom stereocenters. The molecule has 0 saturated heterocycles. The van der Waals surface area contributed by atoms with Crippen LogP contribution in [0.5, 0.6) is 11.5 Å². The van der Waals surface area contributed by atoms with Crippen LogP contribution < -0.4 is 14.8 Å². The third-order valence-electron chi connectivity index (χ3n) is 8.64. The molecule has 0 spiro atoms. The van der Waals surface area contributed by atoms with Gasteiger partial charge in [-0.2, -0.15) is 0 Å². The summed E-state index contributed by atoms with van der Waals surface area (Å²) in [6.07, 6.45) is 8.61. The van der Waals surface area contributed by atoms with Gasteiger partial charge < -0.3 is 19.1 Å². The summed E-state index contributed by atoms with van der Waals surface area (Å²) in [4.78, 5) is 34.7. The van der Waals surface area contributed by atoms with E-state index in [1.165, 1.54) is 19.3 Å². The lowest BCUT2D eigenvalue weighted by atomic mass is 9.84. The second-order valence-corrected chi connectivity index (χ2v) is 12.0. The number of carbonyl (C=O) groups excluding carboxylic acids is 1. The molecule has 0 bridgehead atoms. The van der Waals surface area contributed by atoms with E-state index in [1.807, 2.05) is 41.0 Å². The van der Waals surface area contributed by atoms with Crippen molar-refractivity contribution in [1.29, 1.82) is 0 Å². The van der Waals surface area contributed by atoms with Crippen molar-refractivity contribution in [2.45, 2.75) is 45.1 Å². The van der Waals surface area contributed by atoms with Gasteiger partial charge in [-0.05, 0) is 53.8 Å². The number of hydrogen-bond acceptors (Lipinski definition) is 6. The van der Waals surface area contributed by atoms with Crippen molar-refractivity contribution >= 4 is 40.3 Å². The largest absolute Gasteiger partial charge is 0.496 e. The van der Waals surface area contributed by atoms with Gasteiger partial charge in [-0.1, -0.05) is 74.0 Å². The monoisotopic (exact) mass is 638 g/mol. The molecular formula is C36H35ClN4O5. The molecule has 1 saturated carbocycles. The highest BCUT2D eigenvalue weighted by atomic mass is 35.5. The van der Waals surface area contributed by atoms with Crippen molar-refractivity contribution in [3.05, 3.63) is 100 Å². The number of methoxy groups -OCH3 is 2. The number of ether oxygens (including phenoxy) is 2. The number of nitrogens with one attached hydrogen (secondary N) is 1. The van der Waals surface area contributed by atoms with E-state index < -0.39 is 5.97 Å². The van der Waals surface area contributed by atoms with Crippen LogP contribution in [-0.2, 0) is 13.0 Å². The van der Waals surface area contributed by atoms with Crippen molar-refractivity contribution in [2.75, 3.05) is 19.5 Å². The fraction of sp³-hybridized carbons (Fsp3) is 0.278. The minimum absolute atomic E-state index is 0.158. The Bertz CT molecular complexity index is 1900. The maximum absolute atomic E-state index is 13.9. The maximum Gasteiger partial charge on any atom is 0.335 e. The van der Waals surface area contributed by atoms with Crippen LogP contribution in [0.2, 0.25) is 5.02 Å². The number of carboxylic acids is 1. The zero-order valence-corrected chi connectivity index (χ0v) is 26.5. The van der Waals surface area contributed by atoms with Crippen molar-refractivity contribution in [3.8, 4) is 22.8 Å². The van der Waals surface area contributed by atoms with E-state index in [4.69, 9.17) is 26.1 Å². The number of fused-ring (bicyclic) bond motifs is 1. The summed E-state index contributed by atoms with van der Waals surface area (Å²) in [5, 5.41) is 13.6. The fourth-order valence-electron chi connectivity index (χ4n) is 6.27. The maximum atomic E-state index is 13.9. The molecule has 2 aromatic heterocycles. The zero-order chi connectivity index (χ0) is 32.2. The Labute approximate surface area is 272 Å². The number of hydrogen-bond donors (Lipinski definition) is 2. The molecule has 2 N–H and O–H groups in total. The van der Waals surface area contributed by atoms with Gasteiger partial charge in [0.15, 0.2) is 0 Å². The Morgan fingerprint density at radius 2 is 1.72 bits per heavy atom. The number of para-hydroxylation sites is 1. The van der Waals surface area contributed by atoms with Gasteiger partial charge in [-0.3, -0.25) is 10.1 Å². The first-order valence-corrected chi connectivity index (χ1v) is 15.7. The third kappa shape index (κ3) is 6.55. The van der Waals surface area contributed by atoms with Crippen LogP contribution in [0, 0.1) is 5.92 Å². The Balaban J connectivity index is 1.37. The Morgan fingerprint density at radius 3 is 2.43 bits per heavy atom. The molecule has 1 aliphatic carbocycles. The Hall–Kier alpha value is -4.89. The van der Waals surface area contributed by atoms with Crippen LogP contribution in [-0.4, -0.2) is 45.7 Å². The first-order valence-electron chi connectivity index (χ1n) is 15.3. The van der Waals surface area contributed by atoms with E-state index in [0.717, 1.165) is 41.3 Å². The van der Waals surface area contributed by atoms with Gasteiger partial charge in [-0.25, -0.2) is 14.8 Å². The van der Waals surface area contributed by atoms with E-state index in [-0.39, 0.29) is 17.4 Å². The molecule has 0 atom stereocenters. The average molecular weight is 639 g/mol. The number of nitrogens with zero attached hydrogens (tertiary/aromatic N) is 3. The van der Waals surface area contributed by atoms with Gasteiger partial charge in [0.2, 0.25) is 5.95 Å². The molecular weight excluding hydrogens is 604 g/mol. The number of anilines is 1. The lowest BCUT2D eigenvalue weighted by molar-refractivity contribution is 0.0696. The highest BCUT2D eigenvalue weighted by Crippen LogP contribution is 2.40. The molecule has 6 rings (SSSR count). The molecule has 1 aliphatic rings. The second-order valence-electron chi connectivity index (χ2n) is 11.6. The molecule has 0 aliphatic heterocycles. The van der Waals surface area contributed by atoms with Crippen LogP contribution in [0.1, 0.15) is 64.1 Å². The van der Waals surface area contributed by atoms with E-state index >= 15 is 0 Å². The molecule has 1 fully saturated rings. The van der Waals surface area contributed by atoms with Gasteiger partial charge in [0, 0.05) is 35.3 Å². The third-order valence-corrected chi connectivity index (χ3v) is 8.93. The summed E-state index contributed by atoms with van der Waals surface area (Å²) in [6, 6.07) is 19.7. The Kier molecular flexibility index (Phi) is 9.21. The highest BCUT2D eigenvalue weighted by molar-refractivity contribution is 6.32. The van der Waals surface area contributed by atoms with Gasteiger partial charge >= 0.3 is 5.97 Å². The van der Waals surface area contributed by atoms with Crippen LogP contribution in [0.15, 0.2) is 72.9 Å². The summed E-state index contributed by atoms with van der Waals surface area (Å²) in [5.74, 6) is 0.358. The van der Waals surface area contributed by atoms with E-state index in [2.05, 4.69) is 10.3 Å². The summed E-state index contributed by atoms with van der Waals surface area (Å²) >= 11 is 6.44. The molecule has 3 aromatic carbocycles. The molecule has 236 valence electrons. The molecule has 1 amide bonds. The van der Waals surface area contributed by atoms with E-state index in [9.17, 15) is 14.7 Å². The first kappa shape index (κ1) is 31.1. The number of benzene rings is 3. The van der Waals surface area contributed by atoms with Gasteiger partial charge in [0.1, 0.15) is 17.2 Å². The van der Waals surface area contributed by atoms with Crippen LogP contribution in [0.3, 0.4) is 0 Å². The fourth-order valence-corrected chi connectivity index (χ4v) is 6.50. The highest BCUT2D eigenvalue weighted by Gasteiger charge is 2.23. The van der Waals surface area contributed by atoms with Crippen LogP contribution in [0.4, 0.5) is 5.95 Å². The van der Waals surface area contributed by atoms with Crippen molar-refractivity contribution < 1.29 is 24.2 Å². The minimum atomic E-state index is -0.989. The molecule has 10 heteroatoms. The number of aromatic nitrogens is 3. The lowest BCUT2D eigenvalue weighted by Crippen LogP contribution is -2.19. The average Bonchev–Trinajstić information content (AvgIpc) is 3.44. The van der Waals surface area contributed by atoms with E-state index in [1.54, 1.807) is 50.7 Å². The molecule has 0 radical (unpaired) electrons. The molecule has 5 aromatic rings. The van der Waals surface area contributed by atoms with Crippen LogP contribution >= 0.6 is 11.6 Å². The van der Waals surface area contributed by atoms with Crippen molar-refractivity contribution in [3.63, 3.8) is 0 Å². The van der Waals surface area contributed by atoms with Crippen LogP contribution in [0.25, 0.3) is 22.2 Å². The number of carbonyl (C=O) groups is 2. The molecule has 46 heavy (non-hydrogen) atoms. The SMILES string of the molecule is COc1cc(-c2nc(NC(=O)c3cc4ccccc4n3Cc3ccc(C(=O)O)cc3)ncc2CC2CCCCC2)c(OC)cc1Cl. The van der Waals surface area contributed by atoms with Gasteiger partial charge in [0.25, 0.3) is 5.91 Å². The first-order chi connectivity index (χ1) is 22.3. The number of halogens is 1. The van der Waals surface area contributed by atoms with Gasteiger partial charge in [0.05, 0.1) is 30.5 Å². The number of aromatic carboxylic acids is 1. The van der Waals surface area contributed by atoms with Crippen molar-refractivity contribution in [2.24, 2.45) is 5.92 Å². The summed E-state index contributed by atoms with van der Waals surface area (Å²) in [6.45, 7) is 0.365. The zero-order valence-electron chi connectivity index (χ0n) is 25.8. The lowest BCUT2D eigenvalue weighted by Gasteiger charge is -2.23. The van der Waals surface area contributed by atoms with Crippen molar-refractivity contribution in [1.82, 2.24) is 14.5 Å². The smallest absolute Gasteiger partial charge is 0.335 e. The predicted molar refractivity (Wildman–Crippen MR) is 178 cm³/mol. The summed E-state index contributed by atoms with van der Waals surface area (Å²) < 4.78 is 13.2. The van der Waals surface area contributed by atoms with E-state index in [0.29, 0.717) is 45.9 Å². The normalized spacial score (nSPS) is 13.5. The quantitative estimate of drug-likeness (QED) is 0.160. The Morgan fingerprint density at radius 1 is 0.978 bits per heavy atom. The van der Waals surface area contributed by atoms with Gasteiger partial charge in [-0.15, -0.1) is 0 Å². The summed E-state index contributed by atoms with van der Waals surface area (Å²) in [5.41, 5.74) is 4.67. The summed E-state index contributed by atoms with van der Waals surface area (Å²) in [7, 11) is 3.14. The topological polar surface area (TPSA) is 116 Å². The second kappa shape index (κ2) is 13.6. The number of amides is 1. The predicted octanol–water partition coefficient (Wildman–Crippen LogP) is 7.89. The standard InChI is InChI=1S/C36H35ClN4O5/c1-45-31-19-28(37)32(46-2)18-27(31)33-26(16-22-8-4-3-5-9-22)20-38-36(39-33)40-34(42)30-17-25-10-6-7-11-29(25)41(30)21-23-12-14-24(15-13-23)35(43)44/h6-7,10-15,17-20,22H,3-5,8-9,16,21H2,1-2H3,(H,43,44)(H,38,39,40,42). The molecule has 9 nitrogen and oxygen atoms in total.